The van der Waals surface area contributed by atoms with Crippen LogP contribution in [0.25, 0.3) is 11.4 Å². The van der Waals surface area contributed by atoms with Crippen molar-refractivity contribution >= 4 is 11.8 Å². The second kappa shape index (κ2) is 8.62. The highest BCUT2D eigenvalue weighted by atomic mass is 32.2. The van der Waals surface area contributed by atoms with E-state index in [-0.39, 0.29) is 0 Å². The van der Waals surface area contributed by atoms with Gasteiger partial charge in [0.1, 0.15) is 0 Å². The summed E-state index contributed by atoms with van der Waals surface area (Å²) in [5.74, 6) is 2.54. The van der Waals surface area contributed by atoms with Crippen molar-refractivity contribution < 1.29 is 4.52 Å². The molecule has 0 aliphatic rings. The summed E-state index contributed by atoms with van der Waals surface area (Å²) in [5, 5.41) is 13.5. The fourth-order valence-corrected chi connectivity index (χ4v) is 3.51. The van der Waals surface area contributed by atoms with Gasteiger partial charge in [-0.2, -0.15) is 4.98 Å². The molecule has 8 heteroatoms. The first kappa shape index (κ1) is 18.1. The molecule has 0 N–H and O–H groups in total. The largest absolute Gasteiger partial charge is 0.338 e. The Morgan fingerprint density at radius 2 is 1.89 bits per heavy atom. The molecule has 1 aromatic carbocycles. The van der Waals surface area contributed by atoms with Crippen molar-refractivity contribution in [3.63, 3.8) is 0 Å². The van der Waals surface area contributed by atoms with Gasteiger partial charge in [-0.05, 0) is 17.7 Å². The molecule has 28 heavy (non-hydrogen) atoms. The summed E-state index contributed by atoms with van der Waals surface area (Å²) in [6.07, 6.45) is 5.94. The lowest BCUT2D eigenvalue weighted by Crippen LogP contribution is -2.00. The van der Waals surface area contributed by atoms with Crippen molar-refractivity contribution in [1.29, 1.82) is 0 Å². The van der Waals surface area contributed by atoms with Crippen LogP contribution in [0.3, 0.4) is 0 Å². The molecule has 0 radical (unpaired) electrons. The highest BCUT2D eigenvalue weighted by molar-refractivity contribution is 7.98. The molecule has 7 nitrogen and oxygen atoms in total. The lowest BCUT2D eigenvalue weighted by molar-refractivity contribution is 0.385. The average molecular weight is 390 g/mol. The van der Waals surface area contributed by atoms with E-state index in [4.69, 9.17) is 4.52 Å². The number of thioether (sulfide) groups is 1. The Bertz CT molecular complexity index is 1050. The predicted octanol–water partition coefficient (Wildman–Crippen LogP) is 3.79. The maximum absolute atomic E-state index is 5.38. The van der Waals surface area contributed by atoms with Crippen molar-refractivity contribution in [2.75, 3.05) is 0 Å². The van der Waals surface area contributed by atoms with Crippen LogP contribution in [0, 0.1) is 0 Å². The van der Waals surface area contributed by atoms with Gasteiger partial charge < -0.3 is 4.52 Å². The first-order valence-electron chi connectivity index (χ1n) is 8.76. The fourth-order valence-electron chi connectivity index (χ4n) is 2.73. The summed E-state index contributed by atoms with van der Waals surface area (Å²) in [4.78, 5) is 8.53. The quantitative estimate of drug-likeness (QED) is 0.334. The lowest BCUT2D eigenvalue weighted by Gasteiger charge is -2.06. The number of allylic oxidation sites excluding steroid dienone is 1. The minimum absolute atomic E-state index is 0.521. The molecule has 0 atom stereocenters. The molecular weight excluding hydrogens is 372 g/mol. The van der Waals surface area contributed by atoms with E-state index >= 15 is 0 Å². The van der Waals surface area contributed by atoms with Crippen molar-refractivity contribution in [3.05, 3.63) is 84.8 Å². The van der Waals surface area contributed by atoms with Crippen molar-refractivity contribution in [2.45, 2.75) is 23.9 Å². The van der Waals surface area contributed by atoms with Crippen LogP contribution in [-0.4, -0.2) is 29.9 Å². The number of pyridine rings is 1. The number of benzene rings is 1. The Balaban J connectivity index is 1.46. The summed E-state index contributed by atoms with van der Waals surface area (Å²) in [6.45, 7) is 4.44. The number of aromatic nitrogens is 6. The molecule has 140 valence electrons. The second-order valence-electron chi connectivity index (χ2n) is 6.00. The molecule has 0 spiro atoms. The molecular formula is C20H18N6OS. The van der Waals surface area contributed by atoms with Crippen LogP contribution in [0.1, 0.15) is 17.3 Å². The molecule has 0 saturated heterocycles. The van der Waals surface area contributed by atoms with Crippen molar-refractivity contribution in [2.24, 2.45) is 0 Å². The average Bonchev–Trinajstić information content (AvgIpc) is 3.35. The molecule has 4 rings (SSSR count). The van der Waals surface area contributed by atoms with Gasteiger partial charge in [0.05, 0.1) is 5.75 Å². The van der Waals surface area contributed by atoms with Crippen LogP contribution >= 0.6 is 11.8 Å². The number of rotatable bonds is 8. The summed E-state index contributed by atoms with van der Waals surface area (Å²) in [6, 6.07) is 13.9. The van der Waals surface area contributed by atoms with Crippen LogP contribution < -0.4 is 0 Å². The van der Waals surface area contributed by atoms with Gasteiger partial charge in [0.25, 0.3) is 0 Å². The number of nitrogens with zero attached hydrogens (tertiary/aromatic N) is 6. The molecule has 3 aromatic heterocycles. The fraction of sp³-hybridized carbons (Fsp3) is 0.150. The lowest BCUT2D eigenvalue weighted by atomic mass is 10.1. The van der Waals surface area contributed by atoms with E-state index in [1.807, 2.05) is 53.1 Å². The zero-order valence-corrected chi connectivity index (χ0v) is 15.9. The number of hydrogen-bond donors (Lipinski definition) is 0. The van der Waals surface area contributed by atoms with E-state index in [1.54, 1.807) is 12.4 Å². The van der Waals surface area contributed by atoms with E-state index < -0.39 is 0 Å². The molecule has 3 heterocycles. The third-order valence-electron chi connectivity index (χ3n) is 4.01. The second-order valence-corrected chi connectivity index (χ2v) is 6.94. The Morgan fingerprint density at radius 1 is 1.07 bits per heavy atom. The third-order valence-corrected chi connectivity index (χ3v) is 4.96. The number of hydrogen-bond acceptors (Lipinski definition) is 7. The molecule has 0 fully saturated rings. The van der Waals surface area contributed by atoms with E-state index in [0.717, 1.165) is 22.1 Å². The van der Waals surface area contributed by atoms with Crippen LogP contribution in [0.4, 0.5) is 0 Å². The van der Waals surface area contributed by atoms with Gasteiger partial charge in [0.15, 0.2) is 16.8 Å². The predicted molar refractivity (Wildman–Crippen MR) is 107 cm³/mol. The van der Waals surface area contributed by atoms with Gasteiger partial charge in [0.2, 0.25) is 5.89 Å². The molecule has 4 aromatic rings. The first-order chi connectivity index (χ1) is 13.8. The molecule has 0 unspecified atom stereocenters. The maximum atomic E-state index is 5.38. The van der Waals surface area contributed by atoms with E-state index in [0.29, 0.717) is 30.4 Å². The zero-order valence-electron chi connectivity index (χ0n) is 15.1. The minimum Gasteiger partial charge on any atom is -0.338 e. The summed E-state index contributed by atoms with van der Waals surface area (Å²) >= 11 is 1.50. The zero-order chi connectivity index (χ0) is 19.2. The van der Waals surface area contributed by atoms with Crippen LogP contribution in [0.2, 0.25) is 0 Å². The SMILES string of the molecule is C=CCn1c(SCc2nc(Cc3ccccc3)no2)nnc1-c1ccncc1. The molecule has 0 saturated carbocycles. The summed E-state index contributed by atoms with van der Waals surface area (Å²) < 4.78 is 7.39. The summed E-state index contributed by atoms with van der Waals surface area (Å²) in [5.41, 5.74) is 2.11. The van der Waals surface area contributed by atoms with E-state index in [1.165, 1.54) is 11.8 Å². The van der Waals surface area contributed by atoms with Gasteiger partial charge in [-0.3, -0.25) is 9.55 Å². The third kappa shape index (κ3) is 4.17. The van der Waals surface area contributed by atoms with Crippen LogP contribution in [0.5, 0.6) is 0 Å². The van der Waals surface area contributed by atoms with Crippen LogP contribution in [-0.2, 0) is 18.7 Å². The standard InChI is InChI=1S/C20H18N6OS/c1-2-12-26-19(16-8-10-21-11-9-16)23-24-20(26)28-14-18-22-17(25-27-18)13-15-6-4-3-5-7-15/h2-11H,1,12-14H2. The Hall–Kier alpha value is -3.26. The first-order valence-corrected chi connectivity index (χ1v) is 9.74. The van der Waals surface area contributed by atoms with Gasteiger partial charge in [-0.15, -0.1) is 16.8 Å². The Morgan fingerprint density at radius 3 is 2.68 bits per heavy atom. The Kier molecular flexibility index (Phi) is 5.58. The van der Waals surface area contributed by atoms with E-state index in [9.17, 15) is 0 Å². The normalized spacial score (nSPS) is 10.9. The van der Waals surface area contributed by atoms with Gasteiger partial charge in [-0.1, -0.05) is 53.3 Å². The van der Waals surface area contributed by atoms with Crippen LogP contribution in [0.15, 0.2) is 77.2 Å². The smallest absolute Gasteiger partial charge is 0.237 e. The van der Waals surface area contributed by atoms with Gasteiger partial charge >= 0.3 is 0 Å². The molecule has 0 aliphatic carbocycles. The highest BCUT2D eigenvalue weighted by Crippen LogP contribution is 2.26. The summed E-state index contributed by atoms with van der Waals surface area (Å²) in [7, 11) is 0. The van der Waals surface area contributed by atoms with Gasteiger partial charge in [-0.25, -0.2) is 0 Å². The maximum Gasteiger partial charge on any atom is 0.237 e. The minimum atomic E-state index is 0.521. The Labute approximate surface area is 166 Å². The topological polar surface area (TPSA) is 82.5 Å². The van der Waals surface area contributed by atoms with E-state index in [2.05, 4.69) is 31.9 Å². The molecule has 0 aliphatic heterocycles. The van der Waals surface area contributed by atoms with Crippen molar-refractivity contribution in [3.8, 4) is 11.4 Å². The van der Waals surface area contributed by atoms with Crippen molar-refractivity contribution in [1.82, 2.24) is 29.9 Å². The molecule has 0 bridgehead atoms. The molecule has 0 amide bonds. The van der Waals surface area contributed by atoms with Gasteiger partial charge in [0, 0.05) is 30.9 Å². The monoisotopic (exact) mass is 390 g/mol. The highest BCUT2D eigenvalue weighted by Gasteiger charge is 2.15.